The van der Waals surface area contributed by atoms with Gasteiger partial charge in [-0.25, -0.2) is 4.98 Å². The van der Waals surface area contributed by atoms with E-state index in [4.69, 9.17) is 0 Å². The van der Waals surface area contributed by atoms with E-state index in [1.165, 1.54) is 6.20 Å². The Kier molecular flexibility index (Phi) is 6.51. The molecular formula is C8H12N2S2. The second kappa shape index (κ2) is 6.94. The predicted molar refractivity (Wildman–Crippen MR) is 58.5 cm³/mol. The number of thiazole rings is 1. The van der Waals surface area contributed by atoms with Gasteiger partial charge in [0.2, 0.25) is 0 Å². The summed E-state index contributed by atoms with van der Waals surface area (Å²) in [6.45, 7) is 5.10. The monoisotopic (exact) mass is 200 g/mol. The molecule has 0 amide bonds. The molecule has 2 nitrogen and oxygen atoms in total. The molecule has 0 bridgehead atoms. The van der Waals surface area contributed by atoms with Crippen molar-refractivity contribution in [2.75, 3.05) is 0 Å². The van der Waals surface area contributed by atoms with Crippen LogP contribution in [0.1, 0.15) is 12.6 Å². The molecular weight excluding hydrogens is 188 g/mol. The van der Waals surface area contributed by atoms with E-state index in [0.717, 1.165) is 9.90 Å². The molecule has 0 radical (unpaired) electrons. The lowest BCUT2D eigenvalue weighted by Crippen LogP contribution is -1.67. The Hall–Kier alpha value is -0.740. The first-order valence-electron chi connectivity index (χ1n) is 3.34. The van der Waals surface area contributed by atoms with Crippen LogP contribution in [0.3, 0.4) is 0 Å². The second-order valence-corrected chi connectivity index (χ2v) is 3.38. The highest BCUT2D eigenvalue weighted by molar-refractivity contribution is 7.82. The minimum absolute atomic E-state index is 0.964. The summed E-state index contributed by atoms with van der Waals surface area (Å²) in [6.07, 6.45) is 5.15. The molecule has 1 heterocycles. The highest BCUT2D eigenvalue weighted by Crippen LogP contribution is 2.18. The molecule has 2 N–H and O–H groups in total. The van der Waals surface area contributed by atoms with Gasteiger partial charge in [-0.2, -0.15) is 0 Å². The zero-order chi connectivity index (χ0) is 9.40. The number of hydrogen-bond acceptors (Lipinski definition) is 4. The molecule has 1 rings (SSSR count). The summed E-state index contributed by atoms with van der Waals surface area (Å²) in [5.41, 5.74) is 7.36. The van der Waals surface area contributed by atoms with Crippen LogP contribution in [0.25, 0.3) is 6.08 Å². The number of hydrogen-bond donors (Lipinski definition) is 2. The molecule has 0 spiro atoms. The Morgan fingerprint density at radius 1 is 1.75 bits per heavy atom. The number of aromatic nitrogens is 1. The molecule has 12 heavy (non-hydrogen) atoms. The molecule has 0 unspecified atom stereocenters. The fraction of sp³-hybridized carbons (Fsp3) is 0.125. The lowest BCUT2D eigenvalue weighted by atomic mass is 10.4. The van der Waals surface area contributed by atoms with Crippen molar-refractivity contribution in [3.05, 3.63) is 30.1 Å². The van der Waals surface area contributed by atoms with Crippen LogP contribution >= 0.6 is 24.0 Å². The highest BCUT2D eigenvalue weighted by atomic mass is 32.2. The number of nitrogens with two attached hydrogens (primary N) is 1. The summed E-state index contributed by atoms with van der Waals surface area (Å²) in [5.74, 6) is 0. The maximum atomic E-state index is 4.61. The summed E-state index contributed by atoms with van der Waals surface area (Å²) in [4.78, 5) is 4.06. The molecule has 0 atom stereocenters. The van der Waals surface area contributed by atoms with Gasteiger partial charge >= 0.3 is 0 Å². The molecule has 0 aliphatic heterocycles. The van der Waals surface area contributed by atoms with Crippen molar-refractivity contribution in [2.45, 2.75) is 11.1 Å². The quantitative estimate of drug-likeness (QED) is 0.684. The van der Waals surface area contributed by atoms with Crippen LogP contribution in [0.4, 0.5) is 0 Å². The van der Waals surface area contributed by atoms with E-state index in [1.807, 2.05) is 19.1 Å². The zero-order valence-corrected chi connectivity index (χ0v) is 8.61. The van der Waals surface area contributed by atoms with E-state index in [-0.39, 0.29) is 0 Å². The Morgan fingerprint density at radius 2 is 2.33 bits per heavy atom. The highest BCUT2D eigenvalue weighted by Gasteiger charge is 1.94. The van der Waals surface area contributed by atoms with Gasteiger partial charge in [-0.05, 0) is 19.2 Å². The summed E-state index contributed by atoms with van der Waals surface area (Å²) in [7, 11) is 0. The first-order valence-corrected chi connectivity index (χ1v) is 4.66. The predicted octanol–water partition coefficient (Wildman–Crippen LogP) is 2.55. The third-order valence-corrected chi connectivity index (χ3v) is 2.09. The van der Waals surface area contributed by atoms with Gasteiger partial charge in [0.15, 0.2) is 0 Å². The lowest BCUT2D eigenvalue weighted by Gasteiger charge is -1.81. The SMILES string of the molecule is C/C=C/c1ncsc1S.C=CN. The van der Waals surface area contributed by atoms with Crippen molar-refractivity contribution in [3.8, 4) is 0 Å². The van der Waals surface area contributed by atoms with E-state index in [1.54, 1.807) is 16.8 Å². The Balaban J connectivity index is 0.000000354. The number of thiol groups is 1. The van der Waals surface area contributed by atoms with Gasteiger partial charge in [-0.1, -0.05) is 12.7 Å². The lowest BCUT2D eigenvalue weighted by molar-refractivity contribution is 1.33. The number of allylic oxidation sites excluding steroid dienone is 1. The van der Waals surface area contributed by atoms with Crippen molar-refractivity contribution in [2.24, 2.45) is 5.73 Å². The first-order chi connectivity index (χ1) is 5.76. The molecule has 0 saturated heterocycles. The van der Waals surface area contributed by atoms with Crippen LogP contribution in [-0.4, -0.2) is 4.98 Å². The molecule has 4 heteroatoms. The van der Waals surface area contributed by atoms with Crippen LogP contribution in [-0.2, 0) is 0 Å². The maximum absolute atomic E-state index is 4.61. The van der Waals surface area contributed by atoms with Gasteiger partial charge in [0.1, 0.15) is 0 Å². The van der Waals surface area contributed by atoms with Crippen LogP contribution in [0.15, 0.2) is 28.6 Å². The van der Waals surface area contributed by atoms with Gasteiger partial charge in [0.25, 0.3) is 0 Å². The molecule has 0 saturated carbocycles. The minimum atomic E-state index is 0.964. The average molecular weight is 200 g/mol. The standard InChI is InChI=1S/C6H7NS2.C2H5N/c1-2-3-5-6(8)9-4-7-5;1-2-3/h2-4,8H,1H3;2H,1,3H2/b3-2+;. The number of nitrogens with zero attached hydrogens (tertiary/aromatic N) is 1. The Labute approximate surface area is 82.2 Å². The summed E-state index contributed by atoms with van der Waals surface area (Å²) >= 11 is 5.73. The topological polar surface area (TPSA) is 38.9 Å². The summed E-state index contributed by atoms with van der Waals surface area (Å²) in [5, 5.41) is 0. The van der Waals surface area contributed by atoms with E-state index < -0.39 is 0 Å². The zero-order valence-electron chi connectivity index (χ0n) is 6.90. The van der Waals surface area contributed by atoms with Crippen LogP contribution < -0.4 is 5.73 Å². The first kappa shape index (κ1) is 11.3. The maximum Gasteiger partial charge on any atom is 0.0870 e. The van der Waals surface area contributed by atoms with Crippen molar-refractivity contribution in [1.82, 2.24) is 4.98 Å². The van der Waals surface area contributed by atoms with E-state index in [0.29, 0.717) is 0 Å². The van der Waals surface area contributed by atoms with Crippen LogP contribution in [0.2, 0.25) is 0 Å². The van der Waals surface area contributed by atoms with E-state index >= 15 is 0 Å². The Morgan fingerprint density at radius 3 is 2.67 bits per heavy atom. The van der Waals surface area contributed by atoms with Gasteiger partial charge in [0, 0.05) is 0 Å². The summed E-state index contributed by atoms with van der Waals surface area (Å²) < 4.78 is 0.980. The van der Waals surface area contributed by atoms with Crippen molar-refractivity contribution >= 4 is 30.0 Å². The van der Waals surface area contributed by atoms with E-state index in [9.17, 15) is 0 Å². The van der Waals surface area contributed by atoms with Gasteiger partial charge < -0.3 is 5.73 Å². The fourth-order valence-electron chi connectivity index (χ4n) is 0.521. The minimum Gasteiger partial charge on any atom is -0.405 e. The smallest absolute Gasteiger partial charge is 0.0870 e. The largest absolute Gasteiger partial charge is 0.405 e. The molecule has 0 aliphatic carbocycles. The van der Waals surface area contributed by atoms with Gasteiger partial charge in [-0.15, -0.1) is 24.0 Å². The third-order valence-electron chi connectivity index (χ3n) is 0.900. The molecule has 1 aromatic heterocycles. The van der Waals surface area contributed by atoms with Gasteiger partial charge in [-0.3, -0.25) is 0 Å². The normalized spacial score (nSPS) is 9.17. The Bertz CT molecular complexity index is 253. The molecule has 0 fully saturated rings. The second-order valence-electron chi connectivity index (χ2n) is 1.78. The van der Waals surface area contributed by atoms with Crippen molar-refractivity contribution in [1.29, 1.82) is 0 Å². The van der Waals surface area contributed by atoms with Gasteiger partial charge in [0.05, 0.1) is 15.4 Å². The van der Waals surface area contributed by atoms with Crippen molar-refractivity contribution < 1.29 is 0 Å². The molecule has 1 aromatic rings. The summed E-state index contributed by atoms with van der Waals surface area (Å²) in [6, 6.07) is 0. The van der Waals surface area contributed by atoms with Crippen molar-refractivity contribution in [3.63, 3.8) is 0 Å². The molecule has 0 aromatic carbocycles. The average Bonchev–Trinajstić information content (AvgIpc) is 2.39. The number of rotatable bonds is 1. The van der Waals surface area contributed by atoms with Crippen LogP contribution in [0, 0.1) is 0 Å². The fourth-order valence-corrected chi connectivity index (χ4v) is 1.30. The molecule has 66 valence electrons. The third kappa shape index (κ3) is 4.20. The molecule has 0 aliphatic rings. The van der Waals surface area contributed by atoms with E-state index in [2.05, 4.69) is 29.9 Å². The van der Waals surface area contributed by atoms with Crippen LogP contribution in [0.5, 0.6) is 0 Å².